The zero-order chi connectivity index (χ0) is 42.5. The molecule has 0 amide bonds. The van der Waals surface area contributed by atoms with Crippen LogP contribution in [0.25, 0.3) is 0 Å². The molecular weight excluding hydrogens is 776 g/mol. The van der Waals surface area contributed by atoms with E-state index in [1.54, 1.807) is 44.4 Å². The smallest absolute Gasteiger partial charge is 0.343 e. The van der Waals surface area contributed by atoms with Crippen molar-refractivity contribution < 1.29 is 66.9 Å². The molecule has 4 atom stereocenters. The number of hydrogen-bond donors (Lipinski definition) is 1. The van der Waals surface area contributed by atoms with Gasteiger partial charge in [-0.05, 0) is 37.5 Å². The van der Waals surface area contributed by atoms with Crippen LogP contribution >= 0.6 is 0 Å². The van der Waals surface area contributed by atoms with Crippen molar-refractivity contribution in [2.24, 2.45) is 0 Å². The molecule has 14 heteroatoms. The van der Waals surface area contributed by atoms with Gasteiger partial charge in [0.05, 0.1) is 25.7 Å². The van der Waals surface area contributed by atoms with Gasteiger partial charge in [0.25, 0.3) is 0 Å². The number of hydrogen-bond acceptors (Lipinski definition) is 14. The average Bonchev–Trinajstić information content (AvgIpc) is 3.22. The van der Waals surface area contributed by atoms with Gasteiger partial charge >= 0.3 is 29.7 Å². The van der Waals surface area contributed by atoms with Gasteiger partial charge in [0.1, 0.15) is 46.7 Å². The number of fused-ring (bicyclic) bond motifs is 8. The van der Waals surface area contributed by atoms with Crippen LogP contribution in [0.4, 0.5) is 0 Å². The fourth-order valence-electron chi connectivity index (χ4n) is 8.13. The summed E-state index contributed by atoms with van der Waals surface area (Å²) in [4.78, 5) is 50.1. The molecule has 0 unspecified atom stereocenters. The van der Waals surface area contributed by atoms with Crippen LogP contribution in [0.3, 0.4) is 0 Å². The van der Waals surface area contributed by atoms with Gasteiger partial charge in [-0.3, -0.25) is 14.4 Å². The van der Waals surface area contributed by atoms with E-state index >= 15 is 0 Å². The lowest BCUT2D eigenvalue weighted by atomic mass is 9.74. The summed E-state index contributed by atoms with van der Waals surface area (Å²) in [5, 5.41) is 12.6. The molecule has 0 radical (unpaired) electrons. The molecule has 0 aliphatic carbocycles. The van der Waals surface area contributed by atoms with E-state index < -0.39 is 41.7 Å². The number of carbonyl (C=O) groups is 4. The van der Waals surface area contributed by atoms with Gasteiger partial charge in [0.15, 0.2) is 11.5 Å². The average molecular weight is 817 g/mol. The summed E-state index contributed by atoms with van der Waals surface area (Å²) >= 11 is 0. The molecule has 0 saturated heterocycles. The highest BCUT2D eigenvalue weighted by atomic mass is 16.7. The van der Waals surface area contributed by atoms with E-state index in [9.17, 15) is 24.3 Å². The minimum absolute atomic E-state index is 0.00205. The molecule has 5 aromatic carbocycles. The van der Waals surface area contributed by atoms with Crippen molar-refractivity contribution in [3.05, 3.63) is 124 Å². The van der Waals surface area contributed by atoms with Crippen molar-refractivity contribution in [2.75, 3.05) is 14.2 Å². The molecule has 3 aliphatic heterocycles. The second-order valence-electron chi connectivity index (χ2n) is 14.4. The molecule has 0 aromatic heterocycles. The van der Waals surface area contributed by atoms with Crippen LogP contribution in [0.15, 0.2) is 84.9 Å². The van der Waals surface area contributed by atoms with Crippen LogP contribution in [-0.4, -0.2) is 49.3 Å². The van der Waals surface area contributed by atoms with Gasteiger partial charge in [0.2, 0.25) is 5.75 Å². The third-order valence-corrected chi connectivity index (χ3v) is 10.6. The molecule has 8 rings (SSSR count). The van der Waals surface area contributed by atoms with E-state index in [-0.39, 0.29) is 46.2 Å². The van der Waals surface area contributed by atoms with Crippen LogP contribution < -0.4 is 42.6 Å². The van der Waals surface area contributed by atoms with Crippen LogP contribution in [0.5, 0.6) is 51.7 Å². The summed E-state index contributed by atoms with van der Waals surface area (Å²) in [5.41, 5.74) is 3.47. The molecule has 0 fully saturated rings. The largest absolute Gasteiger partial charge is 0.496 e. The molecule has 1 N–H and O–H groups in total. The Morgan fingerprint density at radius 2 is 1.27 bits per heavy atom. The molecule has 3 heterocycles. The highest BCUT2D eigenvalue weighted by Crippen LogP contribution is 2.63. The van der Waals surface area contributed by atoms with Crippen LogP contribution in [-0.2, 0) is 26.6 Å². The fourth-order valence-corrected chi connectivity index (χ4v) is 8.13. The van der Waals surface area contributed by atoms with E-state index in [0.29, 0.717) is 52.3 Å². The Labute approximate surface area is 344 Å². The monoisotopic (exact) mass is 816 g/mol. The molecule has 14 nitrogen and oxygen atoms in total. The predicted octanol–water partition coefficient (Wildman–Crippen LogP) is 7.20. The van der Waals surface area contributed by atoms with E-state index in [2.05, 4.69) is 0 Å². The van der Waals surface area contributed by atoms with Gasteiger partial charge < -0.3 is 47.7 Å². The molecule has 0 spiro atoms. The molecule has 5 aromatic rings. The zero-order valence-corrected chi connectivity index (χ0v) is 33.5. The van der Waals surface area contributed by atoms with Crippen molar-refractivity contribution in [1.29, 1.82) is 0 Å². The highest BCUT2D eigenvalue weighted by Gasteiger charge is 2.60. The van der Waals surface area contributed by atoms with E-state index in [1.807, 2.05) is 36.4 Å². The number of aliphatic hydroxyl groups excluding tert-OH is 1. The summed E-state index contributed by atoms with van der Waals surface area (Å²) in [7, 11) is 3.04. The maximum absolute atomic E-state index is 14.0. The van der Waals surface area contributed by atoms with Crippen molar-refractivity contribution >= 4 is 23.9 Å². The van der Waals surface area contributed by atoms with Crippen molar-refractivity contribution in [2.45, 2.75) is 64.4 Å². The summed E-state index contributed by atoms with van der Waals surface area (Å²) < 4.78 is 54.1. The third kappa shape index (κ3) is 6.87. The summed E-state index contributed by atoms with van der Waals surface area (Å²) in [6.45, 7) is 4.99. The molecule has 0 saturated carbocycles. The summed E-state index contributed by atoms with van der Waals surface area (Å²) in [6.07, 6.45) is -0.354. The minimum Gasteiger partial charge on any atom is -0.496 e. The van der Waals surface area contributed by atoms with Crippen molar-refractivity contribution in [1.82, 2.24) is 0 Å². The Morgan fingerprint density at radius 3 is 1.85 bits per heavy atom. The second-order valence-corrected chi connectivity index (χ2v) is 14.4. The number of methoxy groups -OCH3 is 2. The topological polar surface area (TPSA) is 172 Å². The van der Waals surface area contributed by atoms with Crippen molar-refractivity contribution in [3.8, 4) is 51.7 Å². The van der Waals surface area contributed by atoms with E-state index in [4.69, 9.17) is 42.6 Å². The minimum atomic E-state index is -1.81. The molecular formula is C46H40O14. The first kappa shape index (κ1) is 39.8. The fraction of sp³-hybridized carbons (Fsp3) is 0.261. The summed E-state index contributed by atoms with van der Waals surface area (Å²) in [6, 6.07) is 24.4. The Kier molecular flexibility index (Phi) is 10.3. The predicted molar refractivity (Wildman–Crippen MR) is 211 cm³/mol. The van der Waals surface area contributed by atoms with Gasteiger partial charge in [-0.2, -0.15) is 0 Å². The number of aliphatic hydroxyl groups is 1. The lowest BCUT2D eigenvalue weighted by molar-refractivity contribution is -0.218. The molecule has 3 aliphatic rings. The Hall–Kier alpha value is -7.06. The van der Waals surface area contributed by atoms with Crippen molar-refractivity contribution in [3.63, 3.8) is 0 Å². The Morgan fingerprint density at radius 1 is 0.683 bits per heavy atom. The number of benzene rings is 5. The Bertz CT molecular complexity index is 2510. The summed E-state index contributed by atoms with van der Waals surface area (Å²) in [5.74, 6) is -5.32. The molecule has 2 bridgehead atoms. The van der Waals surface area contributed by atoms with Gasteiger partial charge in [0, 0.05) is 60.7 Å². The maximum atomic E-state index is 14.0. The maximum Gasteiger partial charge on any atom is 0.343 e. The second kappa shape index (κ2) is 15.6. The lowest BCUT2D eigenvalue weighted by Gasteiger charge is -2.50. The SMILES string of the molecule is COc1cc2c(c3c1CC[C@@H](c1ccccc1)O3)[C@H]1c3c(cc(OC(=O)c4cc(OC(C)=O)c(OC(C)=O)c(OC(C)=O)c4)c(C)c3OC)O[C@@](c3ccccc3)(O2)[C@@H]1O. The lowest BCUT2D eigenvalue weighted by Crippen LogP contribution is -2.57. The number of ether oxygens (including phenoxy) is 9. The van der Waals surface area contributed by atoms with E-state index in [0.717, 1.165) is 44.0 Å². The van der Waals surface area contributed by atoms with Crippen LogP contribution in [0, 0.1) is 6.92 Å². The first-order chi connectivity index (χ1) is 28.8. The van der Waals surface area contributed by atoms with Crippen LogP contribution in [0.1, 0.15) is 83.0 Å². The first-order valence-corrected chi connectivity index (χ1v) is 19.1. The van der Waals surface area contributed by atoms with Gasteiger partial charge in [-0.15, -0.1) is 0 Å². The normalized spacial score (nSPS) is 19.4. The van der Waals surface area contributed by atoms with E-state index in [1.165, 1.54) is 13.2 Å². The first-order valence-electron chi connectivity index (χ1n) is 19.1. The van der Waals surface area contributed by atoms with Gasteiger partial charge in [-0.1, -0.05) is 60.7 Å². The zero-order valence-electron chi connectivity index (χ0n) is 33.5. The molecule has 308 valence electrons. The van der Waals surface area contributed by atoms with Gasteiger partial charge in [-0.25, -0.2) is 4.79 Å². The quantitative estimate of drug-likeness (QED) is 0.117. The number of carbonyl (C=O) groups excluding carboxylic acids is 4. The highest BCUT2D eigenvalue weighted by molar-refractivity contribution is 5.94. The van der Waals surface area contributed by atoms with Crippen LogP contribution in [0.2, 0.25) is 0 Å². The Balaban J connectivity index is 1.29. The number of esters is 4. The standard InChI is InChI=1S/C46H40O14/c1-23-32(58-45(51)28-19-36(54-24(2)47)43(56-26(4)49)37(20-28)55-25(3)48)21-34-38(41(23)53-6)40-39-35(60-46(59-34,44(40)50)29-15-11-8-12-16-29)22-33(52-5)30-17-18-31(57-42(30)39)27-13-9-7-10-14-27/h7-16,19-22,31,40,44,50H,17-18H2,1-6H3/t31-,40+,44+,46-/m0/s1. The third-order valence-electron chi connectivity index (χ3n) is 10.6. The number of rotatable bonds is 9. The molecule has 60 heavy (non-hydrogen) atoms.